The Bertz CT molecular complexity index is 1070. The Labute approximate surface area is 198 Å². The van der Waals surface area contributed by atoms with E-state index in [1.807, 2.05) is 58.6 Å². The Balaban J connectivity index is 1.96. The van der Waals surface area contributed by atoms with Crippen LogP contribution in [0.5, 0.6) is 0 Å². The van der Waals surface area contributed by atoms with Crippen LogP contribution in [0.3, 0.4) is 0 Å². The highest BCUT2D eigenvalue weighted by Gasteiger charge is 2.37. The molecule has 1 atom stereocenters. The fourth-order valence-electron chi connectivity index (χ4n) is 3.72. The predicted molar refractivity (Wildman–Crippen MR) is 127 cm³/mol. The van der Waals surface area contributed by atoms with Crippen molar-refractivity contribution in [2.45, 2.75) is 60.4 Å². The summed E-state index contributed by atoms with van der Waals surface area (Å²) in [5, 5.41) is 17.9. The average molecular weight is 476 g/mol. The van der Waals surface area contributed by atoms with Gasteiger partial charge in [-0.1, -0.05) is 53.1 Å². The van der Waals surface area contributed by atoms with Crippen molar-refractivity contribution in [3.63, 3.8) is 0 Å². The van der Waals surface area contributed by atoms with Crippen molar-refractivity contribution >= 4 is 40.6 Å². The van der Waals surface area contributed by atoms with E-state index in [-0.39, 0.29) is 17.7 Å². The lowest BCUT2D eigenvalue weighted by atomic mass is 9.95. The number of halogens is 1. The molecule has 1 aliphatic rings. The molecule has 32 heavy (non-hydrogen) atoms. The molecule has 0 radical (unpaired) electrons. The molecule has 2 aromatic rings. The summed E-state index contributed by atoms with van der Waals surface area (Å²) in [5.41, 5.74) is -0.215. The third kappa shape index (κ3) is 5.00. The summed E-state index contributed by atoms with van der Waals surface area (Å²) in [6, 6.07) is 5.98. The highest BCUT2D eigenvalue weighted by Crippen LogP contribution is 2.35. The molecular formula is C23H30ClN5O2S. The molecule has 1 unspecified atom stereocenters. The predicted octanol–water partition coefficient (Wildman–Crippen LogP) is 5.13. The average Bonchev–Trinajstić information content (AvgIpc) is 3.41. The first-order chi connectivity index (χ1) is 14.8. The zero-order chi connectivity index (χ0) is 23.8. The van der Waals surface area contributed by atoms with Crippen molar-refractivity contribution in [3.8, 4) is 6.07 Å². The fourth-order valence-corrected chi connectivity index (χ4v) is 4.75. The molecule has 7 nitrogen and oxygen atoms in total. The van der Waals surface area contributed by atoms with Crippen molar-refractivity contribution in [2.24, 2.45) is 10.8 Å². The van der Waals surface area contributed by atoms with Crippen LogP contribution < -0.4 is 5.32 Å². The summed E-state index contributed by atoms with van der Waals surface area (Å²) in [6.07, 6.45) is 0.706. The number of rotatable bonds is 4. The van der Waals surface area contributed by atoms with E-state index in [0.717, 1.165) is 4.88 Å². The Morgan fingerprint density at radius 1 is 1.22 bits per heavy atom. The highest BCUT2D eigenvalue weighted by atomic mass is 35.5. The van der Waals surface area contributed by atoms with Gasteiger partial charge in [-0.3, -0.25) is 9.59 Å². The second-order valence-electron chi connectivity index (χ2n) is 10.2. The van der Waals surface area contributed by atoms with Crippen LogP contribution in [0.15, 0.2) is 12.1 Å². The number of nitrogens with zero attached hydrogens (tertiary/aromatic N) is 4. The van der Waals surface area contributed by atoms with Gasteiger partial charge in [-0.15, -0.1) is 11.3 Å². The molecule has 1 amide bonds. The number of carbonyl (C=O) groups is 2. The molecule has 0 bridgehead atoms. The van der Waals surface area contributed by atoms with Crippen LogP contribution in [0.25, 0.3) is 0 Å². The molecule has 0 aliphatic carbocycles. The van der Waals surface area contributed by atoms with Crippen LogP contribution in [0.2, 0.25) is 4.34 Å². The number of hydrogen-bond donors (Lipinski definition) is 1. The lowest BCUT2D eigenvalue weighted by Crippen LogP contribution is -2.37. The van der Waals surface area contributed by atoms with Gasteiger partial charge in [0.2, 0.25) is 5.91 Å². The van der Waals surface area contributed by atoms with Crippen LogP contribution in [0.4, 0.5) is 5.82 Å². The Hall–Kier alpha value is -2.37. The van der Waals surface area contributed by atoms with Gasteiger partial charge in [-0.25, -0.2) is 0 Å². The first-order valence-electron chi connectivity index (χ1n) is 10.7. The smallest absolute Gasteiger partial charge is 0.254 e. The van der Waals surface area contributed by atoms with Gasteiger partial charge < -0.3 is 10.2 Å². The number of thiophene rings is 1. The van der Waals surface area contributed by atoms with Crippen LogP contribution in [0.1, 0.15) is 74.8 Å². The molecule has 3 rings (SSSR count). The molecule has 9 heteroatoms. The molecule has 0 spiro atoms. The quantitative estimate of drug-likeness (QED) is 0.661. The molecule has 172 valence electrons. The molecule has 0 saturated carbocycles. The van der Waals surface area contributed by atoms with Crippen molar-refractivity contribution < 1.29 is 9.59 Å². The maximum Gasteiger partial charge on any atom is 0.254 e. The zero-order valence-electron chi connectivity index (χ0n) is 19.5. The largest absolute Gasteiger partial charge is 0.364 e. The minimum Gasteiger partial charge on any atom is -0.364 e. The number of nitriles is 1. The van der Waals surface area contributed by atoms with E-state index in [1.54, 1.807) is 0 Å². The van der Waals surface area contributed by atoms with Gasteiger partial charge in [-0.2, -0.15) is 15.0 Å². The van der Waals surface area contributed by atoms with Crippen molar-refractivity contribution in [1.29, 1.82) is 5.26 Å². The minimum atomic E-state index is -0.678. The lowest BCUT2D eigenvalue weighted by molar-refractivity contribution is -0.138. The number of carbonyl (C=O) groups excluding carboxylic acids is 2. The third-order valence-corrected chi connectivity index (χ3v) is 6.65. The Morgan fingerprint density at radius 2 is 1.88 bits per heavy atom. The van der Waals surface area contributed by atoms with E-state index in [0.29, 0.717) is 47.5 Å². The highest BCUT2D eigenvalue weighted by molar-refractivity contribution is 7.16. The summed E-state index contributed by atoms with van der Waals surface area (Å²) in [6.45, 7) is 12.7. The number of hydrogen-bond acceptors (Lipinski definition) is 6. The van der Waals surface area contributed by atoms with Crippen LogP contribution in [0, 0.1) is 22.2 Å². The van der Waals surface area contributed by atoms with E-state index >= 15 is 0 Å². The van der Waals surface area contributed by atoms with Crippen molar-refractivity contribution in [2.75, 3.05) is 18.4 Å². The van der Waals surface area contributed by atoms with Crippen molar-refractivity contribution in [1.82, 2.24) is 14.7 Å². The fraction of sp³-hybridized carbons (Fsp3) is 0.565. The number of nitrogens with one attached hydrogen (secondary N) is 1. The van der Waals surface area contributed by atoms with E-state index in [9.17, 15) is 14.9 Å². The Morgan fingerprint density at radius 3 is 2.41 bits per heavy atom. The third-order valence-electron chi connectivity index (χ3n) is 5.42. The van der Waals surface area contributed by atoms with E-state index in [2.05, 4.69) is 16.5 Å². The number of likely N-dealkylation sites (tertiary alicyclic amines) is 1. The molecule has 3 heterocycles. The maximum atomic E-state index is 13.2. The zero-order valence-corrected chi connectivity index (χ0v) is 21.0. The van der Waals surface area contributed by atoms with Crippen molar-refractivity contribution in [3.05, 3.63) is 32.6 Å². The van der Waals surface area contributed by atoms with Gasteiger partial charge in [0.05, 0.1) is 16.6 Å². The van der Waals surface area contributed by atoms with Gasteiger partial charge in [0, 0.05) is 34.7 Å². The molecule has 2 aromatic heterocycles. The van der Waals surface area contributed by atoms with E-state index in [1.165, 1.54) is 16.0 Å². The van der Waals surface area contributed by atoms with Gasteiger partial charge >= 0.3 is 0 Å². The molecule has 1 saturated heterocycles. The molecule has 1 N–H and O–H groups in total. The molecular weight excluding hydrogens is 446 g/mol. The van der Waals surface area contributed by atoms with Gasteiger partial charge in [0.1, 0.15) is 11.6 Å². The number of anilines is 1. The van der Waals surface area contributed by atoms with E-state index < -0.39 is 10.8 Å². The van der Waals surface area contributed by atoms with Gasteiger partial charge in [-0.05, 0) is 18.6 Å². The number of aromatic nitrogens is 2. The van der Waals surface area contributed by atoms with Crippen LogP contribution >= 0.6 is 22.9 Å². The normalized spacial score (nSPS) is 16.8. The summed E-state index contributed by atoms with van der Waals surface area (Å²) in [5.74, 6) is 0.179. The maximum absolute atomic E-state index is 13.2. The monoisotopic (exact) mass is 475 g/mol. The minimum absolute atomic E-state index is 0.0802. The second-order valence-corrected chi connectivity index (χ2v) is 12.0. The topological polar surface area (TPSA) is 91.0 Å². The van der Waals surface area contributed by atoms with Crippen LogP contribution in [-0.4, -0.2) is 39.6 Å². The van der Waals surface area contributed by atoms with Crippen LogP contribution in [-0.2, 0) is 11.3 Å². The lowest BCUT2D eigenvalue weighted by Gasteiger charge is -2.25. The first-order valence-corrected chi connectivity index (χ1v) is 11.9. The Kier molecular flexibility index (Phi) is 6.73. The molecule has 0 aromatic carbocycles. The summed E-state index contributed by atoms with van der Waals surface area (Å²) in [4.78, 5) is 28.7. The van der Waals surface area contributed by atoms with E-state index in [4.69, 9.17) is 11.6 Å². The molecule has 1 aliphatic heterocycles. The second kappa shape index (κ2) is 8.87. The summed E-state index contributed by atoms with van der Waals surface area (Å²) >= 11 is 7.48. The summed E-state index contributed by atoms with van der Waals surface area (Å²) < 4.78 is 2.01. The molecule has 1 fully saturated rings. The standard InChI is InChI=1S/C23H30ClN5O2S/c1-22(2,3)20(30)28-10-9-14(13-28)18-16(11-25)19(26-12-15-7-8-17(24)32-15)29(27-18)21(31)23(4,5)6/h7-8,14,26H,9-10,12-13H2,1-6H3. The van der Waals surface area contributed by atoms with Gasteiger partial charge in [0.15, 0.2) is 5.82 Å². The first kappa shape index (κ1) is 24.3. The SMILES string of the molecule is CC(C)(C)C(=O)N1CCC(c2nn(C(=O)C(C)(C)C)c(NCc3ccc(Cl)s3)c2C#N)C1. The number of amides is 1. The summed E-state index contributed by atoms with van der Waals surface area (Å²) in [7, 11) is 0. The van der Waals surface area contributed by atoms with Gasteiger partial charge in [0.25, 0.3) is 5.91 Å².